The fraction of sp³-hybridized carbons (Fsp3) is 0.424. The van der Waals surface area contributed by atoms with E-state index in [0.29, 0.717) is 53.2 Å². The van der Waals surface area contributed by atoms with E-state index in [9.17, 15) is 65.9 Å². The second kappa shape index (κ2) is 50.9. The highest BCUT2D eigenvalue weighted by Gasteiger charge is 2.43. The fourth-order valence-corrected chi connectivity index (χ4v) is 20.5. The lowest BCUT2D eigenvalue weighted by atomic mass is 9.68. The van der Waals surface area contributed by atoms with E-state index in [1.165, 1.54) is 175 Å². The molecule has 137 heavy (non-hydrogen) atoms. The van der Waals surface area contributed by atoms with Crippen LogP contribution in [0.2, 0.25) is 0 Å². The predicted molar refractivity (Wildman–Crippen MR) is 521 cm³/mol. The summed E-state index contributed by atoms with van der Waals surface area (Å²) in [5, 5.41) is 0. The molecule has 0 amide bonds. The first kappa shape index (κ1) is 105. The molecule has 4 nitrogen and oxygen atoms in total. The third-order valence-corrected chi connectivity index (χ3v) is 28.8. The lowest BCUT2D eigenvalue weighted by Crippen LogP contribution is -2.25. The second-order valence-electron chi connectivity index (χ2n) is 37.8. The Balaban J connectivity index is 0.000000155. The quantitative estimate of drug-likeness (QED) is 0.0212. The average molecular weight is 1900 g/mol. The number of halogens is 15. The molecular formula is C118H131F15O4. The van der Waals surface area contributed by atoms with Gasteiger partial charge in [0.05, 0.1) is 12.7 Å². The predicted octanol–water partition coefficient (Wildman–Crippen LogP) is 36.9. The number of hydrogen-bond acceptors (Lipinski definition) is 4. The highest BCUT2D eigenvalue weighted by atomic mass is 19.4. The maximum absolute atomic E-state index is 14.7. The minimum Gasteiger partial charge on any atom is -0.429 e. The van der Waals surface area contributed by atoms with Crippen LogP contribution in [0, 0.1) is 82.1 Å². The Bertz CT molecular complexity index is 5460. The minimum absolute atomic E-state index is 0.000538. The Hall–Kier alpha value is -10.5. The molecule has 1 heterocycles. The Morgan fingerprint density at radius 2 is 0.686 bits per heavy atom. The van der Waals surface area contributed by atoms with Crippen LogP contribution >= 0.6 is 0 Å². The van der Waals surface area contributed by atoms with Crippen molar-refractivity contribution in [2.75, 3.05) is 6.61 Å². The Labute approximate surface area is 800 Å². The summed E-state index contributed by atoms with van der Waals surface area (Å²) in [5.41, 5.74) is 14.1. The summed E-state index contributed by atoms with van der Waals surface area (Å²) in [5.74, 6) is -3.51. The number of rotatable bonds is 28. The zero-order valence-electron chi connectivity index (χ0n) is 79.7. The normalized spacial score (nSPS) is 20.1. The molecule has 2 unspecified atom stereocenters. The van der Waals surface area contributed by atoms with Crippen LogP contribution in [-0.2, 0) is 36.5 Å². The topological polar surface area (TPSA) is 36.9 Å². The zero-order chi connectivity index (χ0) is 97.8. The lowest BCUT2D eigenvalue weighted by molar-refractivity contribution is -0.275. The summed E-state index contributed by atoms with van der Waals surface area (Å²) in [6.07, 6.45) is 24.7. The van der Waals surface area contributed by atoms with Gasteiger partial charge in [0, 0.05) is 23.3 Å². The molecule has 16 rings (SSSR count). The molecule has 0 spiro atoms. The molecular weight excluding hydrogens is 1770 g/mol. The van der Waals surface area contributed by atoms with E-state index in [0.717, 1.165) is 150 Å². The number of aryl methyl sites for hydroxylation is 4. The molecule has 11 aromatic carbocycles. The van der Waals surface area contributed by atoms with Crippen molar-refractivity contribution in [2.24, 2.45) is 41.4 Å². The SMILES string of the molecule is C=CCCc1ccc(-c2ccc(-c3ccc(CC)cc3)c(F)c2)cc1.CCC1CCC(C2CCC(c3ccc(OC(F)(F)F)cc3)CC2)CC1.CCC1CCC(c2ccc(-c3cc(F)c(C(F)(F)Oc4cc(F)c(F)c(F)c4)c(F)c3)cc2)OC1.CCCC1CCC(C2CCC(c3ccc(OC(F)(F)F)cc3)CC2)CC1.CCCCCc1ccc(-c2ccc(-c3ccc(CC)cc3)cc2F)cc1. The van der Waals surface area contributed by atoms with Gasteiger partial charge in [-0.3, -0.25) is 0 Å². The van der Waals surface area contributed by atoms with Crippen molar-refractivity contribution in [1.29, 1.82) is 0 Å². The van der Waals surface area contributed by atoms with Crippen LogP contribution in [0.1, 0.15) is 271 Å². The van der Waals surface area contributed by atoms with Gasteiger partial charge in [-0.1, -0.05) is 282 Å². The largest absolute Gasteiger partial charge is 0.573 e. The monoisotopic (exact) mass is 1900 g/mol. The van der Waals surface area contributed by atoms with E-state index in [1.807, 2.05) is 66.7 Å². The van der Waals surface area contributed by atoms with Crippen LogP contribution < -0.4 is 14.2 Å². The van der Waals surface area contributed by atoms with E-state index in [-0.39, 0.29) is 46.9 Å². The molecule has 732 valence electrons. The number of allylic oxidation sites excluding steroid dienone is 1. The van der Waals surface area contributed by atoms with Gasteiger partial charge < -0.3 is 18.9 Å². The Kier molecular flexibility index (Phi) is 39.1. The summed E-state index contributed by atoms with van der Waals surface area (Å²) in [6, 6.07) is 65.6. The van der Waals surface area contributed by atoms with E-state index in [1.54, 1.807) is 48.5 Å². The van der Waals surface area contributed by atoms with Gasteiger partial charge in [0.25, 0.3) is 0 Å². The molecule has 19 heteroatoms. The first-order valence-electron chi connectivity index (χ1n) is 49.6. The molecule has 1 aliphatic heterocycles. The van der Waals surface area contributed by atoms with Crippen molar-refractivity contribution in [1.82, 2.24) is 0 Å². The third kappa shape index (κ3) is 31.0. The summed E-state index contributed by atoms with van der Waals surface area (Å²) in [6.45, 7) is 17.6. The van der Waals surface area contributed by atoms with Crippen molar-refractivity contribution in [2.45, 2.75) is 271 Å². The van der Waals surface area contributed by atoms with Crippen LogP contribution in [0.15, 0.2) is 243 Å². The number of ether oxygens (including phenoxy) is 4. The van der Waals surface area contributed by atoms with Crippen molar-refractivity contribution in [3.05, 3.63) is 328 Å². The van der Waals surface area contributed by atoms with Crippen LogP contribution in [-0.4, -0.2) is 19.3 Å². The molecule has 0 radical (unpaired) electrons. The van der Waals surface area contributed by atoms with Crippen molar-refractivity contribution in [3.8, 4) is 72.9 Å². The number of hydrogen-bond donors (Lipinski definition) is 0. The van der Waals surface area contributed by atoms with Crippen molar-refractivity contribution >= 4 is 0 Å². The van der Waals surface area contributed by atoms with E-state index in [4.69, 9.17) is 4.74 Å². The van der Waals surface area contributed by atoms with Crippen LogP contribution in [0.3, 0.4) is 0 Å². The molecule has 1 saturated heterocycles. The molecule has 0 aromatic heterocycles. The van der Waals surface area contributed by atoms with Crippen molar-refractivity contribution < 1.29 is 84.8 Å². The Morgan fingerprint density at radius 3 is 1.07 bits per heavy atom. The molecule has 0 bridgehead atoms. The molecule has 2 atom stereocenters. The molecule has 0 N–H and O–H groups in total. The molecule has 5 aliphatic rings. The first-order valence-corrected chi connectivity index (χ1v) is 49.6. The number of benzene rings is 11. The van der Waals surface area contributed by atoms with Crippen LogP contribution in [0.5, 0.6) is 17.2 Å². The van der Waals surface area contributed by atoms with E-state index < -0.39 is 59.2 Å². The summed E-state index contributed by atoms with van der Waals surface area (Å²) >= 11 is 0. The van der Waals surface area contributed by atoms with E-state index >= 15 is 0 Å². The summed E-state index contributed by atoms with van der Waals surface area (Å²) < 4.78 is 219. The van der Waals surface area contributed by atoms with Gasteiger partial charge in [-0.05, 0) is 314 Å². The summed E-state index contributed by atoms with van der Waals surface area (Å²) in [7, 11) is 0. The molecule has 11 aromatic rings. The van der Waals surface area contributed by atoms with Gasteiger partial charge in [-0.25, -0.2) is 30.7 Å². The molecule has 4 saturated carbocycles. The number of alkyl halides is 8. The minimum atomic E-state index is -4.64. The second-order valence-corrected chi connectivity index (χ2v) is 37.8. The van der Waals surface area contributed by atoms with Crippen molar-refractivity contribution in [3.63, 3.8) is 0 Å². The van der Waals surface area contributed by atoms with Crippen LogP contribution in [0.4, 0.5) is 65.9 Å². The van der Waals surface area contributed by atoms with Gasteiger partial charge in [0.2, 0.25) is 0 Å². The summed E-state index contributed by atoms with van der Waals surface area (Å²) in [4.78, 5) is 0. The smallest absolute Gasteiger partial charge is 0.429 e. The lowest BCUT2D eigenvalue weighted by Gasteiger charge is -2.38. The standard InChI is InChI=1S/C26H21F7O2.C25H27F.C24H23F.C22H31F3O.C21H29F3O/c1-2-14-3-8-23(34-13-14)16-6-4-15(5-7-16)17-9-19(27)24(20(28)10-17)26(32,33)35-18-11-21(29)25(31)22(30)12-18;1-3-5-6-7-20-10-14-22(15-11-20)24-17-16-23(18-25(24)26)21-12-8-19(4-2)9-13-21;1-3-5-6-19-9-11-20(12-10-19)22-15-16-23(24(25)17-22)21-13-7-18(4-2)8-14-21;1-2-3-16-4-6-17(7-5-16)18-8-10-19(11-9-18)20-12-14-21(15-13-20)26-22(23,24)25;1-2-15-3-5-16(6-4-15)17-7-9-18(10-8-17)19-11-13-20(14-12-19)25-21(22,23)24/h4-7,9-12,14,23H,2-3,8,13H2,1H3;8-18H,3-7H2,1-2H3;3,7-17H,1,4-6H2,2H3;12-19H,2-11H2,1H3;11-18H,2-10H2,1H3. The number of unbranched alkanes of at least 4 members (excludes halogenated alkanes) is 2. The fourth-order valence-electron chi connectivity index (χ4n) is 20.5. The zero-order valence-corrected chi connectivity index (χ0v) is 79.7. The highest BCUT2D eigenvalue weighted by molar-refractivity contribution is 5.73. The highest BCUT2D eigenvalue weighted by Crippen LogP contribution is 2.49. The average Bonchev–Trinajstić information content (AvgIpc) is 0.773. The third-order valence-electron chi connectivity index (χ3n) is 28.8. The van der Waals surface area contributed by atoms with Gasteiger partial charge in [0.15, 0.2) is 17.5 Å². The van der Waals surface area contributed by atoms with Crippen LogP contribution in [0.25, 0.3) is 55.6 Å². The molecule has 5 fully saturated rings. The van der Waals surface area contributed by atoms with Gasteiger partial charge in [0.1, 0.15) is 46.1 Å². The molecule has 4 aliphatic carbocycles. The van der Waals surface area contributed by atoms with E-state index in [2.05, 4.69) is 135 Å². The van der Waals surface area contributed by atoms with Gasteiger partial charge in [-0.2, -0.15) is 8.78 Å². The van der Waals surface area contributed by atoms with Gasteiger partial charge in [-0.15, -0.1) is 32.9 Å². The Morgan fingerprint density at radius 1 is 0.321 bits per heavy atom. The maximum atomic E-state index is 14.7. The first-order chi connectivity index (χ1) is 65.9. The maximum Gasteiger partial charge on any atom is 0.573 e. The van der Waals surface area contributed by atoms with Gasteiger partial charge >= 0.3 is 18.8 Å².